The van der Waals surface area contributed by atoms with Crippen LogP contribution in [0, 0.1) is 10.1 Å². The average molecular weight is 156 g/mol. The highest BCUT2D eigenvalue weighted by Gasteiger charge is 2.05. The monoisotopic (exact) mass is 155 g/mol. The van der Waals surface area contributed by atoms with Crippen LogP contribution in [0.4, 0.5) is 0 Å². The topological polar surface area (TPSA) is 43.1 Å². The predicted octanol–water partition coefficient (Wildman–Crippen LogP) is 1.93. The summed E-state index contributed by atoms with van der Waals surface area (Å²) in [5, 5.41) is 9.72. The second-order valence-corrected chi connectivity index (χ2v) is 2.05. The van der Waals surface area contributed by atoms with E-state index in [4.69, 9.17) is 23.2 Å². The largest absolute Gasteiger partial charge is 0.273 e. The van der Waals surface area contributed by atoms with Crippen LogP contribution in [-0.4, -0.2) is 4.92 Å². The van der Waals surface area contributed by atoms with Gasteiger partial charge in [0, 0.05) is 6.92 Å². The first-order valence-electron chi connectivity index (χ1n) is 1.72. The molecule has 5 heteroatoms. The molecule has 0 heterocycles. The Balaban J connectivity index is 4.23. The van der Waals surface area contributed by atoms with Crippen LogP contribution in [0.3, 0.4) is 0 Å². The third-order valence-electron chi connectivity index (χ3n) is 0.547. The average Bonchev–Trinajstić information content (AvgIpc) is 1.64. The molecule has 0 aliphatic rings. The van der Waals surface area contributed by atoms with E-state index in [0.717, 1.165) is 0 Å². The van der Waals surface area contributed by atoms with Crippen LogP contribution in [0.1, 0.15) is 6.92 Å². The van der Waals surface area contributed by atoms with Crippen molar-refractivity contribution in [3.05, 3.63) is 20.3 Å². The van der Waals surface area contributed by atoms with Gasteiger partial charge in [-0.1, -0.05) is 23.2 Å². The van der Waals surface area contributed by atoms with Crippen molar-refractivity contribution in [2.24, 2.45) is 0 Å². The summed E-state index contributed by atoms with van der Waals surface area (Å²) in [5.74, 6) is 0. The van der Waals surface area contributed by atoms with Gasteiger partial charge in [0.1, 0.15) is 0 Å². The third-order valence-corrected chi connectivity index (χ3v) is 1.09. The standard InChI is InChI=1S/C3H3Cl2NO2/c1-2(3(4)5)6(7)8/h1H3. The summed E-state index contributed by atoms with van der Waals surface area (Å²) in [6, 6.07) is 0. The van der Waals surface area contributed by atoms with Crippen molar-refractivity contribution in [1.82, 2.24) is 0 Å². The SMILES string of the molecule is CC(=C(Cl)Cl)[N+](=O)[O-]. The fourth-order valence-corrected chi connectivity index (χ4v) is 0.207. The molecular formula is C3H3Cl2NO2. The molecule has 0 spiro atoms. The Bertz CT molecular complexity index is 138. The van der Waals surface area contributed by atoms with Crippen LogP contribution in [-0.2, 0) is 0 Å². The number of rotatable bonds is 1. The fraction of sp³-hybridized carbons (Fsp3) is 0.333. The minimum atomic E-state index is -0.644. The van der Waals surface area contributed by atoms with Gasteiger partial charge in [0.2, 0.25) is 0 Å². The van der Waals surface area contributed by atoms with Gasteiger partial charge in [0.05, 0.1) is 4.92 Å². The highest BCUT2D eigenvalue weighted by Crippen LogP contribution is 2.12. The summed E-state index contributed by atoms with van der Waals surface area (Å²) in [4.78, 5) is 9.08. The van der Waals surface area contributed by atoms with Crippen LogP contribution in [0.15, 0.2) is 10.2 Å². The van der Waals surface area contributed by atoms with Crippen molar-refractivity contribution in [1.29, 1.82) is 0 Å². The second-order valence-electron chi connectivity index (χ2n) is 1.10. The summed E-state index contributed by atoms with van der Waals surface area (Å²) in [6.07, 6.45) is 0. The second kappa shape index (κ2) is 2.89. The summed E-state index contributed by atoms with van der Waals surface area (Å²) in [5.41, 5.74) is -0.228. The fourth-order valence-electron chi connectivity index (χ4n) is 0.0690. The number of halogens is 2. The Morgan fingerprint density at radius 3 is 2.00 bits per heavy atom. The van der Waals surface area contributed by atoms with Gasteiger partial charge in [-0.15, -0.1) is 0 Å². The third kappa shape index (κ3) is 2.14. The first-order valence-corrected chi connectivity index (χ1v) is 2.47. The molecule has 46 valence electrons. The van der Waals surface area contributed by atoms with E-state index in [-0.39, 0.29) is 10.2 Å². The van der Waals surface area contributed by atoms with Crippen molar-refractivity contribution in [2.45, 2.75) is 6.92 Å². The molecule has 0 atom stereocenters. The molecule has 0 fully saturated rings. The predicted molar refractivity (Wildman–Crippen MR) is 31.4 cm³/mol. The molecule has 3 nitrogen and oxygen atoms in total. The number of hydrogen-bond acceptors (Lipinski definition) is 2. The maximum absolute atomic E-state index is 9.72. The maximum atomic E-state index is 9.72. The number of nitrogens with zero attached hydrogens (tertiary/aromatic N) is 1. The van der Waals surface area contributed by atoms with E-state index in [1.807, 2.05) is 0 Å². The molecule has 0 N–H and O–H groups in total. The molecule has 0 saturated heterocycles. The molecule has 0 aromatic heterocycles. The molecule has 0 aromatic rings. The van der Waals surface area contributed by atoms with Gasteiger partial charge >= 0.3 is 0 Å². The molecule has 0 aliphatic heterocycles. The van der Waals surface area contributed by atoms with Crippen LogP contribution in [0.2, 0.25) is 0 Å². The normalized spacial score (nSPS) is 8.38. The lowest BCUT2D eigenvalue weighted by molar-refractivity contribution is -0.424. The van der Waals surface area contributed by atoms with E-state index in [1.165, 1.54) is 6.92 Å². The van der Waals surface area contributed by atoms with Gasteiger partial charge in [-0.25, -0.2) is 0 Å². The summed E-state index contributed by atoms with van der Waals surface area (Å²) in [7, 11) is 0. The molecule has 0 unspecified atom stereocenters. The van der Waals surface area contributed by atoms with Gasteiger partial charge in [0.25, 0.3) is 5.70 Å². The van der Waals surface area contributed by atoms with E-state index in [1.54, 1.807) is 0 Å². The van der Waals surface area contributed by atoms with E-state index >= 15 is 0 Å². The lowest BCUT2D eigenvalue weighted by Crippen LogP contribution is -1.92. The van der Waals surface area contributed by atoms with Crippen molar-refractivity contribution in [3.8, 4) is 0 Å². The lowest BCUT2D eigenvalue weighted by atomic mass is 10.6. The summed E-state index contributed by atoms with van der Waals surface area (Å²) in [6.45, 7) is 1.23. The zero-order chi connectivity index (χ0) is 6.73. The molecular weight excluding hydrogens is 153 g/mol. The van der Waals surface area contributed by atoms with Crippen molar-refractivity contribution in [3.63, 3.8) is 0 Å². The van der Waals surface area contributed by atoms with Gasteiger partial charge < -0.3 is 0 Å². The van der Waals surface area contributed by atoms with E-state index in [9.17, 15) is 10.1 Å². The van der Waals surface area contributed by atoms with Crippen molar-refractivity contribution in [2.75, 3.05) is 0 Å². The van der Waals surface area contributed by atoms with E-state index in [2.05, 4.69) is 0 Å². The Morgan fingerprint density at radius 1 is 1.62 bits per heavy atom. The summed E-state index contributed by atoms with van der Waals surface area (Å²) < 4.78 is -0.296. The van der Waals surface area contributed by atoms with Gasteiger partial charge in [-0.3, -0.25) is 10.1 Å². The minimum absolute atomic E-state index is 0.228. The number of allylic oxidation sites excluding steroid dienone is 1. The Morgan fingerprint density at radius 2 is 2.00 bits per heavy atom. The Hall–Kier alpha value is -0.280. The Labute approximate surface area is 56.0 Å². The number of nitro groups is 1. The van der Waals surface area contributed by atoms with Crippen molar-refractivity contribution >= 4 is 23.2 Å². The molecule has 0 radical (unpaired) electrons. The molecule has 0 aliphatic carbocycles. The smallest absolute Gasteiger partial charge is 0.259 e. The number of hydrogen-bond donors (Lipinski definition) is 0. The quantitative estimate of drug-likeness (QED) is 0.429. The first kappa shape index (κ1) is 7.72. The van der Waals surface area contributed by atoms with Crippen LogP contribution < -0.4 is 0 Å². The highest BCUT2D eigenvalue weighted by molar-refractivity contribution is 6.56. The lowest BCUT2D eigenvalue weighted by Gasteiger charge is -1.85. The summed E-state index contributed by atoms with van der Waals surface area (Å²) >= 11 is 10.1. The molecule has 0 amide bonds. The zero-order valence-electron chi connectivity index (χ0n) is 4.02. The molecule has 0 saturated carbocycles. The van der Waals surface area contributed by atoms with Crippen molar-refractivity contribution < 1.29 is 4.92 Å². The van der Waals surface area contributed by atoms with Gasteiger partial charge in [0.15, 0.2) is 4.49 Å². The highest BCUT2D eigenvalue weighted by atomic mass is 35.5. The van der Waals surface area contributed by atoms with Gasteiger partial charge in [-0.2, -0.15) is 0 Å². The van der Waals surface area contributed by atoms with Crippen LogP contribution >= 0.6 is 23.2 Å². The molecule has 0 rings (SSSR count). The van der Waals surface area contributed by atoms with E-state index in [0.29, 0.717) is 0 Å². The molecule has 8 heavy (non-hydrogen) atoms. The van der Waals surface area contributed by atoms with Crippen LogP contribution in [0.25, 0.3) is 0 Å². The minimum Gasteiger partial charge on any atom is -0.259 e. The molecule has 0 aromatic carbocycles. The van der Waals surface area contributed by atoms with Crippen LogP contribution in [0.5, 0.6) is 0 Å². The van der Waals surface area contributed by atoms with E-state index < -0.39 is 4.92 Å². The Kier molecular flexibility index (Phi) is 2.79. The maximum Gasteiger partial charge on any atom is 0.273 e. The zero-order valence-corrected chi connectivity index (χ0v) is 5.53. The molecule has 0 bridgehead atoms. The van der Waals surface area contributed by atoms with Gasteiger partial charge in [-0.05, 0) is 0 Å². The first-order chi connectivity index (χ1) is 3.55.